The molecule has 5 heterocycles. The van der Waals surface area contributed by atoms with Crippen LogP contribution in [0.15, 0.2) is 263 Å². The average molecular weight is 1390 g/mol. The molecule has 16 nitrogen and oxygen atoms in total. The minimum absolute atomic E-state index is 0.304. The summed E-state index contributed by atoms with van der Waals surface area (Å²) in [5.41, 5.74) is -3.63. The summed E-state index contributed by atoms with van der Waals surface area (Å²) in [7, 11) is 0. The smallest absolute Gasteiger partial charge is 0.160 e. The predicted molar refractivity (Wildman–Crippen MR) is 394 cm³/mol. The summed E-state index contributed by atoms with van der Waals surface area (Å²) in [5, 5.41) is 19.1. The number of aromatic amines is 4. The number of rotatable bonds is 16. The molecule has 0 spiro atoms. The Morgan fingerprint density at radius 1 is 0.173 bits per heavy atom. The first-order valence-electron chi connectivity index (χ1n) is 32.6. The number of nitrogens with zero attached hydrogens (tertiary/aromatic N) is 4. The molecular formula is C80H52F8N16. The maximum Gasteiger partial charge on any atom is 0.160 e. The van der Waals surface area contributed by atoms with Gasteiger partial charge in [-0.25, -0.2) is 55.1 Å². The van der Waals surface area contributed by atoms with Gasteiger partial charge in [0.2, 0.25) is 0 Å². The molecule has 0 saturated heterocycles. The average Bonchev–Trinajstić information content (AvgIpc) is 1.55. The highest BCUT2D eigenvalue weighted by molar-refractivity contribution is 6.09. The van der Waals surface area contributed by atoms with Crippen molar-refractivity contribution in [3.63, 3.8) is 0 Å². The van der Waals surface area contributed by atoms with Gasteiger partial charge in [-0.2, -0.15) is 0 Å². The second kappa shape index (κ2) is 26.2. The number of nitrogens with one attached hydrogen (secondary N) is 12. The Morgan fingerprint density at radius 3 is 0.452 bits per heavy atom. The van der Waals surface area contributed by atoms with Crippen molar-refractivity contribution in [2.45, 2.75) is 0 Å². The zero-order valence-corrected chi connectivity index (χ0v) is 53.9. The Balaban J connectivity index is 1.07. The summed E-state index contributed by atoms with van der Waals surface area (Å²) >= 11 is 0. The Kier molecular flexibility index (Phi) is 15.9. The monoisotopic (exact) mass is 1390 g/mol. The third kappa shape index (κ3) is 11.3. The highest BCUT2D eigenvalue weighted by atomic mass is 19.2. The third-order valence-corrected chi connectivity index (χ3v) is 17.6. The number of anilines is 16. The van der Waals surface area contributed by atoms with Crippen molar-refractivity contribution >= 4 is 157 Å². The van der Waals surface area contributed by atoms with Crippen LogP contribution in [-0.4, -0.2) is 19.9 Å². The largest absolute Gasteiger partial charge is 0.351 e. The quantitative estimate of drug-likeness (QED) is 0.0418. The van der Waals surface area contributed by atoms with Crippen molar-refractivity contribution in [1.82, 2.24) is 19.9 Å². The van der Waals surface area contributed by atoms with E-state index in [0.717, 1.165) is 0 Å². The van der Waals surface area contributed by atoms with Gasteiger partial charge >= 0.3 is 0 Å². The highest BCUT2D eigenvalue weighted by Gasteiger charge is 2.33. The van der Waals surface area contributed by atoms with Crippen LogP contribution in [0, 0.1) is 46.5 Å². The van der Waals surface area contributed by atoms with Gasteiger partial charge in [0.15, 0.2) is 46.5 Å². The second-order valence-corrected chi connectivity index (χ2v) is 24.2. The molecule has 0 radical (unpaired) electrons. The number of fused-ring (bicyclic) bond motifs is 20. The standard InChI is InChI=1S/C80H52F8N16/c81-57-49-50(58(82)66(90-42-27-11-2-12-28-42)65(57)89-41-25-9-1-10-26-41)74-97-73(49)101-75-51-52(60(84)68(92-44-31-15-4-16-32-44)67(59(51)83)91-43-29-13-3-14-30-43)77(98-75)103-79-55-56(64(88)72(96-48-39-23-8-24-40-48)71(63(55)87)95-47-37-21-7-22-38-47)80(100-79)104-78-54-53(76(99-78)102-74)61(85)69(93-45-33-17-5-18-34-45)70(62(54)86)94-46-35-19-6-20-36-46/h1-40,89-96H,(H4,97,98,99,100,101,102,103,104). The van der Waals surface area contributed by atoms with Gasteiger partial charge in [-0.1, -0.05) is 146 Å². The van der Waals surface area contributed by atoms with Crippen molar-refractivity contribution in [3.8, 4) is 0 Å². The summed E-state index contributed by atoms with van der Waals surface area (Å²) in [5.74, 6) is -11.8. The van der Waals surface area contributed by atoms with Crippen LogP contribution in [0.5, 0.6) is 0 Å². The van der Waals surface area contributed by atoms with E-state index in [9.17, 15) is 0 Å². The van der Waals surface area contributed by atoms with Gasteiger partial charge < -0.3 is 62.5 Å². The molecule has 4 aromatic heterocycles. The summed E-state index contributed by atoms with van der Waals surface area (Å²) in [6.07, 6.45) is 0. The van der Waals surface area contributed by atoms with Gasteiger partial charge in [-0.15, -0.1) is 0 Å². The SMILES string of the molecule is Fc1c(Nc2ccccc2)c(Nc2ccccc2)c(F)c2c3[nH]c(c12)/N=c1\[nH]/c(c2c(F)c(Nc4ccccc4)c(Nc4ccccc4)c(F)c12)=N\c1[nH]c(c2c(F)c(Nc4ccccc4)c(Nc4ccccc4)c(F)c12)/N=c1\[nH]/c(c2c(F)c(Nc4ccccc4)c(Nc4ccccc4)c(F)c12)=N\3. The van der Waals surface area contributed by atoms with Gasteiger partial charge in [0, 0.05) is 45.5 Å². The molecule has 17 rings (SSSR count). The van der Waals surface area contributed by atoms with Crippen molar-refractivity contribution in [1.29, 1.82) is 0 Å². The summed E-state index contributed by atoms with van der Waals surface area (Å²) in [6.45, 7) is 0. The zero-order chi connectivity index (χ0) is 70.7. The Hall–Kier alpha value is -14.2. The highest BCUT2D eigenvalue weighted by Crippen LogP contribution is 2.50. The molecule has 8 bridgehead atoms. The van der Waals surface area contributed by atoms with Crippen LogP contribution in [0.3, 0.4) is 0 Å². The lowest BCUT2D eigenvalue weighted by atomic mass is 10.1. The summed E-state index contributed by atoms with van der Waals surface area (Å²) < 4.78 is 151. The topological polar surface area (TPSA) is 209 Å². The van der Waals surface area contributed by atoms with Crippen molar-refractivity contribution in [2.75, 3.05) is 42.5 Å². The Bertz CT molecular complexity index is 5550. The lowest BCUT2D eigenvalue weighted by Gasteiger charge is -2.18. The molecule has 16 aromatic rings. The number of H-pyrrole nitrogens is 4. The number of hydrogen-bond acceptors (Lipinski definition) is 12. The molecule has 0 unspecified atom stereocenters. The predicted octanol–water partition coefficient (Wildman–Crippen LogP) is 20.8. The van der Waals surface area contributed by atoms with Crippen molar-refractivity contribution in [2.24, 2.45) is 20.0 Å². The van der Waals surface area contributed by atoms with Crippen LogP contribution in [-0.2, 0) is 0 Å². The lowest BCUT2D eigenvalue weighted by molar-refractivity contribution is 0.623. The van der Waals surface area contributed by atoms with E-state index >= 15 is 35.1 Å². The number of para-hydroxylation sites is 8. The number of hydrogen-bond donors (Lipinski definition) is 12. The lowest BCUT2D eigenvalue weighted by Crippen LogP contribution is -2.11. The van der Waals surface area contributed by atoms with E-state index in [4.69, 9.17) is 20.0 Å². The van der Waals surface area contributed by atoms with E-state index in [1.165, 1.54) is 0 Å². The first-order chi connectivity index (χ1) is 50.9. The molecule has 12 aromatic carbocycles. The molecule has 24 heteroatoms. The van der Waals surface area contributed by atoms with Gasteiger partial charge in [0.05, 0.1) is 43.1 Å². The van der Waals surface area contributed by atoms with Crippen LogP contribution in [0.25, 0.3) is 43.1 Å². The van der Waals surface area contributed by atoms with Crippen LogP contribution in [0.2, 0.25) is 0 Å². The van der Waals surface area contributed by atoms with Crippen LogP contribution in [0.1, 0.15) is 0 Å². The molecule has 0 aliphatic carbocycles. The van der Waals surface area contributed by atoms with Gasteiger partial charge in [0.1, 0.15) is 90.7 Å². The number of halogens is 8. The van der Waals surface area contributed by atoms with Gasteiger partial charge in [-0.05, 0) is 97.1 Å². The van der Waals surface area contributed by atoms with E-state index in [-0.39, 0.29) is 0 Å². The summed E-state index contributed by atoms with van der Waals surface area (Å²) in [4.78, 5) is 31.3. The van der Waals surface area contributed by atoms with Crippen LogP contribution < -0.4 is 64.5 Å². The minimum Gasteiger partial charge on any atom is -0.351 e. The molecular weight excluding hydrogens is 1340 g/mol. The van der Waals surface area contributed by atoms with Gasteiger partial charge in [-0.3, -0.25) is 0 Å². The van der Waals surface area contributed by atoms with E-state index in [0.29, 0.717) is 45.5 Å². The van der Waals surface area contributed by atoms with Crippen LogP contribution >= 0.6 is 0 Å². The van der Waals surface area contributed by atoms with Crippen LogP contribution in [0.4, 0.5) is 149 Å². The van der Waals surface area contributed by atoms with E-state index in [1.54, 1.807) is 243 Å². The third-order valence-electron chi connectivity index (χ3n) is 17.6. The van der Waals surface area contributed by atoms with E-state index in [1.807, 2.05) is 0 Å². The maximum atomic E-state index is 18.9. The molecule has 0 amide bonds. The molecule has 1 aliphatic heterocycles. The molecule has 104 heavy (non-hydrogen) atoms. The fourth-order valence-electron chi connectivity index (χ4n) is 12.9. The summed E-state index contributed by atoms with van der Waals surface area (Å²) in [6, 6.07) is 66.4. The van der Waals surface area contributed by atoms with E-state index in [2.05, 4.69) is 62.5 Å². The van der Waals surface area contributed by atoms with Gasteiger partial charge in [0.25, 0.3) is 0 Å². The second-order valence-electron chi connectivity index (χ2n) is 24.2. The number of benzene rings is 12. The fraction of sp³-hybridized carbons (Fsp3) is 0. The molecule has 0 fully saturated rings. The molecule has 0 atom stereocenters. The molecule has 12 N–H and O–H groups in total. The molecule has 1 aliphatic rings. The maximum absolute atomic E-state index is 18.9. The minimum atomic E-state index is -1.18. The molecule has 0 saturated carbocycles. The number of aromatic nitrogens is 4. The first kappa shape index (κ1) is 63.3. The Labute approximate surface area is 583 Å². The Morgan fingerprint density at radius 2 is 0.308 bits per heavy atom. The van der Waals surface area contributed by atoms with E-state index < -0.39 is 180 Å². The van der Waals surface area contributed by atoms with Crippen molar-refractivity contribution < 1.29 is 35.1 Å². The first-order valence-corrected chi connectivity index (χ1v) is 32.6. The zero-order valence-electron chi connectivity index (χ0n) is 53.9. The fourth-order valence-corrected chi connectivity index (χ4v) is 12.9. The normalized spacial score (nSPS) is 13.1. The van der Waals surface area contributed by atoms with Crippen molar-refractivity contribution in [3.05, 3.63) is 311 Å². The molecule has 508 valence electrons.